The molecule has 104 valence electrons. The number of pyridine rings is 1. The monoisotopic (exact) mass is 270 g/mol. The Morgan fingerprint density at radius 3 is 2.95 bits per heavy atom. The molecule has 0 aliphatic carbocycles. The molecule has 0 aromatic carbocycles. The molecule has 0 atom stereocenters. The second-order valence-electron chi connectivity index (χ2n) is 5.36. The van der Waals surface area contributed by atoms with E-state index >= 15 is 0 Å². The summed E-state index contributed by atoms with van der Waals surface area (Å²) in [5, 5.41) is 0. The van der Waals surface area contributed by atoms with Crippen molar-refractivity contribution in [3.63, 3.8) is 0 Å². The zero-order valence-corrected chi connectivity index (χ0v) is 11.8. The lowest BCUT2D eigenvalue weighted by molar-refractivity contribution is 0.0728. The molecular formula is C15H18N4O. The standard InChI is InChI=1S/C15H18N4O/c1-11(2)19-10-17-13-5-7-18(9-14(13)19)15(20)12-4-3-6-16-8-12/h3-4,6,8,10-11H,5,7,9H2,1-2H3. The first-order chi connectivity index (χ1) is 9.66. The van der Waals surface area contributed by atoms with E-state index in [9.17, 15) is 4.79 Å². The Morgan fingerprint density at radius 2 is 2.25 bits per heavy atom. The molecule has 0 spiro atoms. The molecule has 1 aliphatic rings. The summed E-state index contributed by atoms with van der Waals surface area (Å²) in [6.07, 6.45) is 6.00. The number of hydrogen-bond acceptors (Lipinski definition) is 3. The number of carbonyl (C=O) groups excluding carboxylic acids is 1. The Kier molecular flexibility index (Phi) is 3.26. The Bertz CT molecular complexity index is 618. The van der Waals surface area contributed by atoms with Crippen LogP contribution in [-0.4, -0.2) is 31.9 Å². The number of aromatic nitrogens is 3. The van der Waals surface area contributed by atoms with Crippen molar-refractivity contribution in [1.82, 2.24) is 19.4 Å². The molecule has 0 radical (unpaired) electrons. The number of imidazole rings is 1. The fourth-order valence-corrected chi connectivity index (χ4v) is 2.60. The first-order valence-electron chi connectivity index (χ1n) is 6.90. The molecule has 0 fully saturated rings. The maximum Gasteiger partial charge on any atom is 0.255 e. The molecule has 0 unspecified atom stereocenters. The van der Waals surface area contributed by atoms with E-state index in [-0.39, 0.29) is 5.91 Å². The van der Waals surface area contributed by atoms with Crippen molar-refractivity contribution >= 4 is 5.91 Å². The second-order valence-corrected chi connectivity index (χ2v) is 5.36. The molecule has 5 nitrogen and oxygen atoms in total. The highest BCUT2D eigenvalue weighted by Crippen LogP contribution is 2.22. The molecule has 1 amide bonds. The number of hydrogen-bond donors (Lipinski definition) is 0. The van der Waals surface area contributed by atoms with Gasteiger partial charge in [0.15, 0.2) is 0 Å². The Balaban J connectivity index is 1.85. The zero-order valence-electron chi connectivity index (χ0n) is 11.8. The second kappa shape index (κ2) is 5.07. The van der Waals surface area contributed by atoms with Crippen molar-refractivity contribution in [3.05, 3.63) is 47.8 Å². The minimum atomic E-state index is 0.0419. The van der Waals surface area contributed by atoms with Gasteiger partial charge in [0.05, 0.1) is 29.8 Å². The van der Waals surface area contributed by atoms with Crippen molar-refractivity contribution in [3.8, 4) is 0 Å². The first-order valence-corrected chi connectivity index (χ1v) is 6.90. The van der Waals surface area contributed by atoms with Crippen LogP contribution in [-0.2, 0) is 13.0 Å². The van der Waals surface area contributed by atoms with Crippen molar-refractivity contribution in [2.75, 3.05) is 6.54 Å². The van der Waals surface area contributed by atoms with E-state index in [2.05, 4.69) is 28.4 Å². The van der Waals surface area contributed by atoms with Gasteiger partial charge < -0.3 is 9.47 Å². The Labute approximate surface area is 118 Å². The van der Waals surface area contributed by atoms with Crippen molar-refractivity contribution < 1.29 is 4.79 Å². The normalized spacial score (nSPS) is 14.4. The summed E-state index contributed by atoms with van der Waals surface area (Å²) < 4.78 is 2.15. The fraction of sp³-hybridized carbons (Fsp3) is 0.400. The van der Waals surface area contributed by atoms with Gasteiger partial charge in [-0.05, 0) is 26.0 Å². The highest BCUT2D eigenvalue weighted by molar-refractivity contribution is 5.93. The van der Waals surface area contributed by atoms with Gasteiger partial charge in [-0.1, -0.05) is 0 Å². The third kappa shape index (κ3) is 2.19. The van der Waals surface area contributed by atoms with Gasteiger partial charge in [-0.25, -0.2) is 4.98 Å². The van der Waals surface area contributed by atoms with E-state index in [4.69, 9.17) is 0 Å². The van der Waals surface area contributed by atoms with Crippen LogP contribution in [0.4, 0.5) is 0 Å². The lowest BCUT2D eigenvalue weighted by Gasteiger charge is -2.28. The van der Waals surface area contributed by atoms with Crippen molar-refractivity contribution in [2.45, 2.75) is 32.9 Å². The molecule has 3 rings (SSSR count). The van der Waals surface area contributed by atoms with Gasteiger partial charge in [0.1, 0.15) is 0 Å². The smallest absolute Gasteiger partial charge is 0.255 e. The zero-order chi connectivity index (χ0) is 14.1. The van der Waals surface area contributed by atoms with Crippen LogP contribution in [0.25, 0.3) is 0 Å². The van der Waals surface area contributed by atoms with Gasteiger partial charge in [-0.15, -0.1) is 0 Å². The number of fused-ring (bicyclic) bond motifs is 1. The molecule has 0 bridgehead atoms. The minimum absolute atomic E-state index is 0.0419. The summed E-state index contributed by atoms with van der Waals surface area (Å²) >= 11 is 0. The predicted molar refractivity (Wildman–Crippen MR) is 75.3 cm³/mol. The van der Waals surface area contributed by atoms with Crippen LogP contribution in [0.15, 0.2) is 30.9 Å². The number of carbonyl (C=O) groups is 1. The number of amides is 1. The van der Waals surface area contributed by atoms with Crippen LogP contribution < -0.4 is 0 Å². The van der Waals surface area contributed by atoms with Crippen molar-refractivity contribution in [2.24, 2.45) is 0 Å². The van der Waals surface area contributed by atoms with Crippen LogP contribution in [0.3, 0.4) is 0 Å². The molecule has 20 heavy (non-hydrogen) atoms. The maximum absolute atomic E-state index is 12.5. The average Bonchev–Trinajstić information content (AvgIpc) is 2.90. The van der Waals surface area contributed by atoms with Crippen LogP contribution in [0.2, 0.25) is 0 Å². The molecule has 1 aliphatic heterocycles. The van der Waals surface area contributed by atoms with E-state index in [1.54, 1.807) is 18.5 Å². The van der Waals surface area contributed by atoms with Gasteiger partial charge in [0, 0.05) is 31.4 Å². The molecule has 3 heterocycles. The topological polar surface area (TPSA) is 51.0 Å². The van der Waals surface area contributed by atoms with E-state index in [0.29, 0.717) is 18.2 Å². The quantitative estimate of drug-likeness (QED) is 0.839. The fourth-order valence-electron chi connectivity index (χ4n) is 2.60. The number of nitrogens with zero attached hydrogens (tertiary/aromatic N) is 4. The largest absolute Gasteiger partial charge is 0.332 e. The summed E-state index contributed by atoms with van der Waals surface area (Å²) in [4.78, 5) is 22.8. The summed E-state index contributed by atoms with van der Waals surface area (Å²) in [5.74, 6) is 0.0419. The highest BCUT2D eigenvalue weighted by atomic mass is 16.2. The highest BCUT2D eigenvalue weighted by Gasteiger charge is 2.25. The van der Waals surface area contributed by atoms with Crippen LogP contribution >= 0.6 is 0 Å². The van der Waals surface area contributed by atoms with Crippen LogP contribution in [0.5, 0.6) is 0 Å². The van der Waals surface area contributed by atoms with Crippen molar-refractivity contribution in [1.29, 1.82) is 0 Å². The average molecular weight is 270 g/mol. The Morgan fingerprint density at radius 1 is 1.40 bits per heavy atom. The molecule has 5 heteroatoms. The SMILES string of the molecule is CC(C)n1cnc2c1CN(C(=O)c1cccnc1)CC2. The van der Waals surface area contributed by atoms with E-state index in [0.717, 1.165) is 24.4 Å². The van der Waals surface area contributed by atoms with Crippen LogP contribution in [0.1, 0.15) is 41.6 Å². The van der Waals surface area contributed by atoms with Crippen LogP contribution in [0, 0.1) is 0 Å². The molecule has 0 N–H and O–H groups in total. The maximum atomic E-state index is 12.5. The van der Waals surface area contributed by atoms with E-state index in [1.165, 1.54) is 0 Å². The van der Waals surface area contributed by atoms with E-state index < -0.39 is 0 Å². The molecule has 0 saturated carbocycles. The summed E-state index contributed by atoms with van der Waals surface area (Å²) in [7, 11) is 0. The molecule has 0 saturated heterocycles. The third-order valence-corrected chi connectivity index (χ3v) is 3.69. The van der Waals surface area contributed by atoms with Gasteiger partial charge in [0.2, 0.25) is 0 Å². The summed E-state index contributed by atoms with van der Waals surface area (Å²) in [6.45, 7) is 5.60. The van der Waals surface area contributed by atoms with Gasteiger partial charge in [0.25, 0.3) is 5.91 Å². The third-order valence-electron chi connectivity index (χ3n) is 3.69. The summed E-state index contributed by atoms with van der Waals surface area (Å²) in [5.41, 5.74) is 2.92. The Hall–Kier alpha value is -2.17. The molecule has 2 aromatic heterocycles. The van der Waals surface area contributed by atoms with E-state index in [1.807, 2.05) is 17.3 Å². The lowest BCUT2D eigenvalue weighted by atomic mass is 10.1. The van der Waals surface area contributed by atoms with Gasteiger partial charge >= 0.3 is 0 Å². The van der Waals surface area contributed by atoms with Gasteiger partial charge in [-0.2, -0.15) is 0 Å². The lowest BCUT2D eigenvalue weighted by Crippen LogP contribution is -2.37. The first kappa shape index (κ1) is 12.8. The number of rotatable bonds is 2. The van der Waals surface area contributed by atoms with Gasteiger partial charge in [-0.3, -0.25) is 9.78 Å². The summed E-state index contributed by atoms with van der Waals surface area (Å²) in [6, 6.07) is 3.96. The molecular weight excluding hydrogens is 252 g/mol. The molecule has 2 aromatic rings. The minimum Gasteiger partial charge on any atom is -0.332 e. The predicted octanol–water partition coefficient (Wildman–Crippen LogP) is 2.06.